The van der Waals surface area contributed by atoms with Gasteiger partial charge in [0.25, 0.3) is 0 Å². The molecule has 0 aliphatic carbocycles. The lowest BCUT2D eigenvalue weighted by Gasteiger charge is -2.38. The Morgan fingerprint density at radius 2 is 0.805 bits per heavy atom. The molecule has 0 amide bonds. The monoisotopic (exact) mass is 578 g/mol. The van der Waals surface area contributed by atoms with Crippen molar-refractivity contribution in [1.82, 2.24) is 0 Å². The summed E-state index contributed by atoms with van der Waals surface area (Å²) in [6.07, 6.45) is -11.5. The number of benzene rings is 4. The van der Waals surface area contributed by atoms with E-state index in [1.165, 1.54) is 50.6 Å². The van der Waals surface area contributed by atoms with Gasteiger partial charge in [-0.05, 0) is 59.7 Å². The van der Waals surface area contributed by atoms with E-state index in [1.807, 2.05) is 0 Å². The van der Waals surface area contributed by atoms with Crippen LogP contribution in [0.1, 0.15) is 11.1 Å². The third kappa shape index (κ3) is 5.63. The summed E-state index contributed by atoms with van der Waals surface area (Å²) in [5.74, 6) is 1.01. The Morgan fingerprint density at radius 3 is 1.10 bits per heavy atom. The molecule has 0 radical (unpaired) electrons. The van der Waals surface area contributed by atoms with E-state index in [-0.39, 0.29) is 34.5 Å². The first-order valence-corrected chi connectivity index (χ1v) is 11.9. The number of ether oxygens (including phenoxy) is 4. The van der Waals surface area contributed by atoms with Crippen molar-refractivity contribution in [2.75, 3.05) is 25.7 Å². The summed E-state index contributed by atoms with van der Waals surface area (Å²) >= 11 is 0. The van der Waals surface area contributed by atoms with Gasteiger partial charge < -0.3 is 30.4 Å². The molecule has 4 aromatic rings. The van der Waals surface area contributed by atoms with Crippen LogP contribution in [-0.2, 0) is 5.41 Å². The summed E-state index contributed by atoms with van der Waals surface area (Å²) in [4.78, 5) is 0. The molecule has 4 N–H and O–H groups in total. The number of hydrogen-bond acceptors (Lipinski definition) is 6. The lowest BCUT2D eigenvalue weighted by Crippen LogP contribution is -2.54. The highest BCUT2D eigenvalue weighted by Crippen LogP contribution is 2.56. The predicted octanol–water partition coefficient (Wildman–Crippen LogP) is 7.86. The van der Waals surface area contributed by atoms with E-state index in [0.29, 0.717) is 11.4 Å². The topological polar surface area (TPSA) is 89.0 Å². The Kier molecular flexibility index (Phi) is 7.87. The van der Waals surface area contributed by atoms with Gasteiger partial charge in [-0.15, -0.1) is 0 Å². The van der Waals surface area contributed by atoms with Crippen LogP contribution in [0.5, 0.6) is 34.5 Å². The molecule has 0 spiro atoms. The summed E-state index contributed by atoms with van der Waals surface area (Å²) in [6.45, 7) is 0. The number of methoxy groups -OCH3 is 2. The van der Waals surface area contributed by atoms with Gasteiger partial charge in [-0.25, -0.2) is 0 Å². The van der Waals surface area contributed by atoms with Crippen molar-refractivity contribution in [3.8, 4) is 34.5 Å². The Bertz CT molecular complexity index is 1390. The minimum absolute atomic E-state index is 0.00139. The van der Waals surface area contributed by atoms with Crippen LogP contribution < -0.4 is 30.4 Å². The molecule has 0 heterocycles. The second kappa shape index (κ2) is 11.0. The SMILES string of the molecule is COc1cc(Oc2ccc(C(c3ccc(Oc4ccc(N)c(OC)c4)cc3)(C(F)(F)F)C(F)(F)F)cc2)ccc1N. The highest BCUT2D eigenvalue weighted by Gasteiger charge is 2.72. The molecule has 0 saturated heterocycles. The van der Waals surface area contributed by atoms with Crippen LogP contribution in [0.15, 0.2) is 84.9 Å². The van der Waals surface area contributed by atoms with E-state index in [0.717, 1.165) is 48.5 Å². The van der Waals surface area contributed by atoms with E-state index in [2.05, 4.69) is 0 Å². The van der Waals surface area contributed by atoms with E-state index in [4.69, 9.17) is 30.4 Å². The predicted molar refractivity (Wildman–Crippen MR) is 141 cm³/mol. The average Bonchev–Trinajstić information content (AvgIpc) is 2.91. The van der Waals surface area contributed by atoms with E-state index < -0.39 is 28.9 Å². The van der Waals surface area contributed by atoms with Crippen molar-refractivity contribution in [3.63, 3.8) is 0 Å². The van der Waals surface area contributed by atoms with Crippen molar-refractivity contribution in [3.05, 3.63) is 96.1 Å². The average molecular weight is 579 g/mol. The first-order valence-electron chi connectivity index (χ1n) is 11.9. The second-order valence-electron chi connectivity index (χ2n) is 8.81. The fraction of sp³-hybridized carbons (Fsp3) is 0.172. The fourth-order valence-electron chi connectivity index (χ4n) is 4.31. The van der Waals surface area contributed by atoms with Gasteiger partial charge >= 0.3 is 12.4 Å². The van der Waals surface area contributed by atoms with E-state index in [1.54, 1.807) is 0 Å². The fourth-order valence-corrected chi connectivity index (χ4v) is 4.31. The molecule has 12 heteroatoms. The summed E-state index contributed by atoms with van der Waals surface area (Å²) in [5.41, 5.74) is 5.71. The van der Waals surface area contributed by atoms with Crippen LogP contribution in [0, 0.1) is 0 Å². The number of anilines is 2. The van der Waals surface area contributed by atoms with E-state index in [9.17, 15) is 26.3 Å². The molecule has 0 unspecified atom stereocenters. The third-order valence-electron chi connectivity index (χ3n) is 6.31. The smallest absolute Gasteiger partial charge is 0.411 e. The zero-order valence-electron chi connectivity index (χ0n) is 21.6. The van der Waals surface area contributed by atoms with Gasteiger partial charge in [-0.1, -0.05) is 24.3 Å². The van der Waals surface area contributed by atoms with Gasteiger partial charge in [0.1, 0.15) is 34.5 Å². The highest BCUT2D eigenvalue weighted by atomic mass is 19.4. The van der Waals surface area contributed by atoms with Crippen LogP contribution >= 0.6 is 0 Å². The minimum atomic E-state index is -5.76. The Hall–Kier alpha value is -4.74. The van der Waals surface area contributed by atoms with Crippen molar-refractivity contribution in [2.45, 2.75) is 17.8 Å². The number of nitrogens with two attached hydrogens (primary N) is 2. The van der Waals surface area contributed by atoms with Crippen molar-refractivity contribution < 1.29 is 45.3 Å². The molecule has 0 bridgehead atoms. The quantitative estimate of drug-likeness (QED) is 0.163. The number of alkyl halides is 6. The molecular weight excluding hydrogens is 554 g/mol. The molecule has 0 aliphatic rings. The van der Waals surface area contributed by atoms with Crippen LogP contribution in [0.4, 0.5) is 37.7 Å². The first kappa shape index (κ1) is 29.2. The van der Waals surface area contributed by atoms with Gasteiger partial charge in [-0.2, -0.15) is 26.3 Å². The molecule has 0 atom stereocenters. The zero-order valence-corrected chi connectivity index (χ0v) is 21.6. The lowest BCUT2D eigenvalue weighted by molar-refractivity contribution is -0.288. The summed E-state index contributed by atoms with van der Waals surface area (Å²) in [7, 11) is 2.76. The molecule has 41 heavy (non-hydrogen) atoms. The normalized spacial score (nSPS) is 12.1. The maximum absolute atomic E-state index is 14.5. The largest absolute Gasteiger partial charge is 0.494 e. The number of hydrogen-bond donors (Lipinski definition) is 2. The number of rotatable bonds is 8. The van der Waals surface area contributed by atoms with Crippen LogP contribution in [-0.4, -0.2) is 26.6 Å². The van der Waals surface area contributed by atoms with Crippen molar-refractivity contribution in [2.24, 2.45) is 0 Å². The standard InChI is InChI=1S/C29H24F6N2O4/c1-38-25-15-21(11-13-23(25)36)40-19-7-3-17(4-8-19)27(28(30,31)32,29(33,34)35)18-5-9-20(10-6-18)41-22-12-14-24(37)26(16-22)39-2/h3-16H,36-37H2,1-2H3. The van der Waals surface area contributed by atoms with Gasteiger partial charge in [0.05, 0.1) is 25.6 Å². The molecular formula is C29H24F6N2O4. The molecule has 4 aromatic carbocycles. The minimum Gasteiger partial charge on any atom is -0.494 e. The number of halogens is 6. The van der Waals surface area contributed by atoms with Crippen molar-refractivity contribution in [1.29, 1.82) is 0 Å². The molecule has 0 aliphatic heterocycles. The maximum atomic E-state index is 14.5. The van der Waals surface area contributed by atoms with Crippen LogP contribution in [0.3, 0.4) is 0 Å². The Labute approximate surface area is 231 Å². The molecule has 6 nitrogen and oxygen atoms in total. The molecule has 0 fully saturated rings. The number of nitrogen functional groups attached to an aromatic ring is 2. The van der Waals surface area contributed by atoms with Gasteiger partial charge in [0.2, 0.25) is 5.41 Å². The summed E-state index contributed by atoms with van der Waals surface area (Å²) in [6, 6.07) is 15.8. The van der Waals surface area contributed by atoms with Crippen molar-refractivity contribution >= 4 is 11.4 Å². The highest BCUT2D eigenvalue weighted by molar-refractivity contribution is 5.57. The maximum Gasteiger partial charge on any atom is 0.411 e. The first-order chi connectivity index (χ1) is 19.3. The molecule has 216 valence electrons. The van der Waals surface area contributed by atoms with Gasteiger partial charge in [0.15, 0.2) is 0 Å². The van der Waals surface area contributed by atoms with Crippen LogP contribution in [0.25, 0.3) is 0 Å². The third-order valence-corrected chi connectivity index (χ3v) is 6.31. The Morgan fingerprint density at radius 1 is 0.488 bits per heavy atom. The molecule has 0 aromatic heterocycles. The zero-order chi connectivity index (χ0) is 30.0. The van der Waals surface area contributed by atoms with Gasteiger partial charge in [-0.3, -0.25) is 0 Å². The van der Waals surface area contributed by atoms with Gasteiger partial charge in [0, 0.05) is 12.1 Å². The second-order valence-corrected chi connectivity index (χ2v) is 8.81. The molecule has 0 saturated carbocycles. The van der Waals surface area contributed by atoms with Crippen LogP contribution in [0.2, 0.25) is 0 Å². The summed E-state index contributed by atoms with van der Waals surface area (Å²) < 4.78 is 109. The Balaban J connectivity index is 1.70. The lowest BCUT2D eigenvalue weighted by atomic mass is 9.73. The molecule has 4 rings (SSSR count). The van der Waals surface area contributed by atoms with E-state index >= 15 is 0 Å². The summed E-state index contributed by atoms with van der Waals surface area (Å²) in [5, 5.41) is 0.